The summed E-state index contributed by atoms with van der Waals surface area (Å²) in [5, 5.41) is 9.72. The van der Waals surface area contributed by atoms with Crippen LogP contribution in [0, 0.1) is 6.92 Å². The lowest BCUT2D eigenvalue weighted by molar-refractivity contribution is 0.258. The van der Waals surface area contributed by atoms with Crippen LogP contribution in [-0.4, -0.2) is 33.2 Å². The largest absolute Gasteiger partial charge is 0.424 e. The standard InChI is InChI=1S/C20H22N4O/c1-13-19(16-4-2-3-5-17(16)21-13)14-8-10-24(11-9-14)12-18-22-23-20(25-18)15-6-7-15/h2-5,8,15,21H,6-7,9-12H2,1H3. The van der Waals surface area contributed by atoms with E-state index in [1.54, 1.807) is 0 Å². The minimum absolute atomic E-state index is 0.527. The molecule has 0 atom stereocenters. The first-order valence-corrected chi connectivity index (χ1v) is 9.09. The smallest absolute Gasteiger partial charge is 0.230 e. The molecular formula is C20H22N4O. The Morgan fingerprint density at radius 1 is 1.24 bits per heavy atom. The molecule has 0 unspecified atom stereocenters. The summed E-state index contributed by atoms with van der Waals surface area (Å²) < 4.78 is 5.80. The highest BCUT2D eigenvalue weighted by Crippen LogP contribution is 2.39. The molecule has 5 heteroatoms. The molecule has 3 heterocycles. The molecule has 0 saturated heterocycles. The Bertz CT molecular complexity index is 948. The van der Waals surface area contributed by atoms with Gasteiger partial charge in [-0.1, -0.05) is 24.3 Å². The van der Waals surface area contributed by atoms with Crippen molar-refractivity contribution in [3.8, 4) is 0 Å². The number of benzene rings is 1. The molecule has 0 radical (unpaired) electrons. The normalized spacial score (nSPS) is 18.7. The van der Waals surface area contributed by atoms with Crippen LogP contribution in [0.3, 0.4) is 0 Å². The average Bonchev–Trinajstić information content (AvgIpc) is 3.28. The Labute approximate surface area is 146 Å². The minimum Gasteiger partial charge on any atom is -0.424 e. The molecule has 128 valence electrons. The summed E-state index contributed by atoms with van der Waals surface area (Å²) in [7, 11) is 0. The van der Waals surface area contributed by atoms with Crippen molar-refractivity contribution in [2.45, 2.75) is 38.6 Å². The van der Waals surface area contributed by atoms with E-state index in [2.05, 4.69) is 57.3 Å². The fourth-order valence-corrected chi connectivity index (χ4v) is 3.79. The maximum atomic E-state index is 5.80. The predicted octanol–water partition coefficient (Wildman–Crippen LogP) is 4.03. The van der Waals surface area contributed by atoms with Crippen LogP contribution in [0.5, 0.6) is 0 Å². The number of nitrogens with one attached hydrogen (secondary N) is 1. The summed E-state index contributed by atoms with van der Waals surface area (Å²) in [6.07, 6.45) is 5.79. The second-order valence-corrected chi connectivity index (χ2v) is 7.19. The SMILES string of the molecule is Cc1[nH]c2ccccc2c1C1=CCN(Cc2nnc(C3CC3)o2)CC1. The lowest BCUT2D eigenvalue weighted by Crippen LogP contribution is -2.28. The van der Waals surface area contributed by atoms with Crippen molar-refractivity contribution in [1.82, 2.24) is 20.1 Å². The first-order chi connectivity index (χ1) is 12.3. The van der Waals surface area contributed by atoms with Crippen LogP contribution in [0.1, 0.15) is 48.2 Å². The molecule has 1 N–H and O–H groups in total. The first-order valence-electron chi connectivity index (χ1n) is 9.09. The molecule has 2 aromatic heterocycles. The maximum Gasteiger partial charge on any atom is 0.230 e. The number of hydrogen-bond acceptors (Lipinski definition) is 4. The maximum absolute atomic E-state index is 5.80. The number of fused-ring (bicyclic) bond motifs is 1. The highest BCUT2D eigenvalue weighted by molar-refractivity contribution is 5.94. The zero-order valence-electron chi connectivity index (χ0n) is 14.5. The number of aromatic amines is 1. The molecule has 1 fully saturated rings. The molecule has 0 bridgehead atoms. The third-order valence-corrected chi connectivity index (χ3v) is 5.28. The monoisotopic (exact) mass is 334 g/mol. The van der Waals surface area contributed by atoms with Crippen molar-refractivity contribution in [2.75, 3.05) is 13.1 Å². The van der Waals surface area contributed by atoms with E-state index in [-0.39, 0.29) is 0 Å². The summed E-state index contributed by atoms with van der Waals surface area (Å²) in [4.78, 5) is 5.88. The molecule has 0 amide bonds. The van der Waals surface area contributed by atoms with Gasteiger partial charge >= 0.3 is 0 Å². The van der Waals surface area contributed by atoms with Gasteiger partial charge in [0.05, 0.1) is 6.54 Å². The Morgan fingerprint density at radius 3 is 2.92 bits per heavy atom. The third-order valence-electron chi connectivity index (χ3n) is 5.28. The van der Waals surface area contributed by atoms with E-state index in [0.717, 1.165) is 37.8 Å². The van der Waals surface area contributed by atoms with Crippen molar-refractivity contribution < 1.29 is 4.42 Å². The molecule has 5 nitrogen and oxygen atoms in total. The lowest BCUT2D eigenvalue weighted by atomic mass is 9.97. The number of nitrogens with zero attached hydrogens (tertiary/aromatic N) is 3. The molecule has 25 heavy (non-hydrogen) atoms. The highest BCUT2D eigenvalue weighted by Gasteiger charge is 2.29. The quantitative estimate of drug-likeness (QED) is 0.783. The second-order valence-electron chi connectivity index (χ2n) is 7.19. The molecule has 3 aromatic rings. The summed E-state index contributed by atoms with van der Waals surface area (Å²) in [5.41, 5.74) is 5.29. The van der Waals surface area contributed by atoms with E-state index in [0.29, 0.717) is 5.92 Å². The molecular weight excluding hydrogens is 312 g/mol. The van der Waals surface area contributed by atoms with Crippen molar-refractivity contribution in [3.63, 3.8) is 0 Å². The number of para-hydroxylation sites is 1. The zero-order chi connectivity index (χ0) is 16.8. The van der Waals surface area contributed by atoms with Gasteiger partial charge in [0.2, 0.25) is 11.8 Å². The summed E-state index contributed by atoms with van der Waals surface area (Å²) >= 11 is 0. The van der Waals surface area contributed by atoms with Gasteiger partial charge in [-0.05, 0) is 37.8 Å². The average molecular weight is 334 g/mol. The Balaban J connectivity index is 1.33. The van der Waals surface area contributed by atoms with Crippen LogP contribution in [0.2, 0.25) is 0 Å². The summed E-state index contributed by atoms with van der Waals surface area (Å²) in [5.74, 6) is 2.11. The topological polar surface area (TPSA) is 58.0 Å². The van der Waals surface area contributed by atoms with Gasteiger partial charge in [-0.25, -0.2) is 0 Å². The van der Waals surface area contributed by atoms with Crippen LogP contribution in [0.15, 0.2) is 34.8 Å². The van der Waals surface area contributed by atoms with Crippen LogP contribution >= 0.6 is 0 Å². The van der Waals surface area contributed by atoms with Gasteiger partial charge in [0.1, 0.15) is 0 Å². The van der Waals surface area contributed by atoms with Gasteiger partial charge < -0.3 is 9.40 Å². The highest BCUT2D eigenvalue weighted by atomic mass is 16.4. The van der Waals surface area contributed by atoms with Crippen LogP contribution in [-0.2, 0) is 6.54 Å². The minimum atomic E-state index is 0.527. The fraction of sp³-hybridized carbons (Fsp3) is 0.400. The van der Waals surface area contributed by atoms with Gasteiger partial charge in [0.15, 0.2) is 0 Å². The number of aromatic nitrogens is 3. The Morgan fingerprint density at radius 2 is 2.12 bits per heavy atom. The van der Waals surface area contributed by atoms with E-state index in [9.17, 15) is 0 Å². The number of hydrogen-bond donors (Lipinski definition) is 1. The Kier molecular flexibility index (Phi) is 3.48. The molecule has 0 spiro atoms. The van der Waals surface area contributed by atoms with Crippen molar-refractivity contribution in [3.05, 3.63) is 53.4 Å². The van der Waals surface area contributed by atoms with Gasteiger partial charge in [-0.15, -0.1) is 10.2 Å². The second kappa shape index (κ2) is 5.85. The molecule has 1 aliphatic heterocycles. The molecule has 5 rings (SSSR count). The van der Waals surface area contributed by atoms with Crippen LogP contribution in [0.25, 0.3) is 16.5 Å². The van der Waals surface area contributed by atoms with Gasteiger partial charge in [-0.2, -0.15) is 0 Å². The molecule has 1 aromatic carbocycles. The van der Waals surface area contributed by atoms with Crippen molar-refractivity contribution in [2.24, 2.45) is 0 Å². The molecule has 2 aliphatic rings. The van der Waals surface area contributed by atoms with Crippen LogP contribution < -0.4 is 0 Å². The van der Waals surface area contributed by atoms with Gasteiger partial charge in [-0.3, -0.25) is 4.90 Å². The lowest BCUT2D eigenvalue weighted by Gasteiger charge is -2.25. The van der Waals surface area contributed by atoms with E-state index < -0.39 is 0 Å². The van der Waals surface area contributed by atoms with E-state index in [4.69, 9.17) is 4.42 Å². The fourth-order valence-electron chi connectivity index (χ4n) is 3.79. The van der Waals surface area contributed by atoms with E-state index in [1.807, 2.05) is 0 Å². The number of rotatable bonds is 4. The van der Waals surface area contributed by atoms with Gasteiger partial charge in [0.25, 0.3) is 0 Å². The molecule has 1 aliphatic carbocycles. The van der Waals surface area contributed by atoms with Gasteiger partial charge in [0, 0.05) is 41.2 Å². The zero-order valence-corrected chi connectivity index (χ0v) is 14.5. The first kappa shape index (κ1) is 14.9. The van der Waals surface area contributed by atoms with Crippen molar-refractivity contribution in [1.29, 1.82) is 0 Å². The number of H-pyrrole nitrogens is 1. The number of aryl methyl sites for hydroxylation is 1. The van der Waals surface area contributed by atoms with Crippen LogP contribution in [0.4, 0.5) is 0 Å². The third kappa shape index (κ3) is 2.78. The summed E-state index contributed by atoms with van der Waals surface area (Å²) in [6.45, 7) is 4.86. The Hall–Kier alpha value is -2.40. The summed E-state index contributed by atoms with van der Waals surface area (Å²) in [6, 6.07) is 8.55. The van der Waals surface area contributed by atoms with E-state index in [1.165, 1.54) is 40.6 Å². The molecule has 1 saturated carbocycles. The van der Waals surface area contributed by atoms with Crippen molar-refractivity contribution >= 4 is 16.5 Å². The van der Waals surface area contributed by atoms with E-state index >= 15 is 0 Å². The predicted molar refractivity (Wildman–Crippen MR) is 97.2 cm³/mol.